The monoisotopic (exact) mass is 372 g/mol. The molecule has 0 N–H and O–H groups in total. The lowest BCUT2D eigenvalue weighted by Crippen LogP contribution is -2.32. The summed E-state index contributed by atoms with van der Waals surface area (Å²) in [5, 5.41) is 0. The van der Waals surface area contributed by atoms with Crippen molar-refractivity contribution in [1.29, 1.82) is 0 Å². The van der Waals surface area contributed by atoms with Gasteiger partial charge in [-0.1, -0.05) is 44.4 Å². The second kappa shape index (κ2) is 10.6. The second-order valence-corrected chi connectivity index (χ2v) is 5.73. The summed E-state index contributed by atoms with van der Waals surface area (Å²) in [6.07, 6.45) is -0.610. The minimum Gasteiger partial charge on any atom is -0.445 e. The summed E-state index contributed by atoms with van der Waals surface area (Å²) in [7, 11) is 0. The molecular weight excluding hydrogens is 349 g/mol. The SMILES string of the molecule is CCCCCC/C=C/C(OC(=O)c1ccccc1OC(C)=O)C(F)(F)F. The van der Waals surface area contributed by atoms with Gasteiger partial charge in [-0.25, -0.2) is 4.79 Å². The van der Waals surface area contributed by atoms with Crippen LogP contribution in [0.3, 0.4) is 0 Å². The summed E-state index contributed by atoms with van der Waals surface area (Å²) in [6, 6.07) is 5.48. The van der Waals surface area contributed by atoms with Crippen molar-refractivity contribution < 1.29 is 32.2 Å². The van der Waals surface area contributed by atoms with Crippen LogP contribution in [0.2, 0.25) is 0 Å². The van der Waals surface area contributed by atoms with E-state index in [0.29, 0.717) is 6.42 Å². The van der Waals surface area contributed by atoms with E-state index in [0.717, 1.165) is 38.7 Å². The maximum atomic E-state index is 13.1. The van der Waals surface area contributed by atoms with Gasteiger partial charge in [0.15, 0.2) is 0 Å². The Kier molecular flexibility index (Phi) is 8.88. The van der Waals surface area contributed by atoms with Crippen LogP contribution in [0.4, 0.5) is 13.2 Å². The lowest BCUT2D eigenvalue weighted by Gasteiger charge is -2.18. The van der Waals surface area contributed by atoms with Crippen molar-refractivity contribution in [1.82, 2.24) is 0 Å². The first-order chi connectivity index (χ1) is 12.3. The van der Waals surface area contributed by atoms with Crippen LogP contribution in [0.1, 0.15) is 56.3 Å². The largest absolute Gasteiger partial charge is 0.445 e. The van der Waals surface area contributed by atoms with Gasteiger partial charge in [-0.15, -0.1) is 0 Å². The first-order valence-electron chi connectivity index (χ1n) is 8.47. The first-order valence-corrected chi connectivity index (χ1v) is 8.47. The summed E-state index contributed by atoms with van der Waals surface area (Å²) in [5.74, 6) is -2.04. The van der Waals surface area contributed by atoms with Gasteiger partial charge in [0.25, 0.3) is 0 Å². The number of para-hydroxylation sites is 1. The van der Waals surface area contributed by atoms with Crippen LogP contribution < -0.4 is 4.74 Å². The zero-order chi connectivity index (χ0) is 19.6. The highest BCUT2D eigenvalue weighted by Crippen LogP contribution is 2.27. The highest BCUT2D eigenvalue weighted by atomic mass is 19.4. The topological polar surface area (TPSA) is 52.6 Å². The van der Waals surface area contributed by atoms with E-state index in [4.69, 9.17) is 4.74 Å². The van der Waals surface area contributed by atoms with Gasteiger partial charge < -0.3 is 9.47 Å². The van der Waals surface area contributed by atoms with Crippen molar-refractivity contribution in [2.24, 2.45) is 0 Å². The summed E-state index contributed by atoms with van der Waals surface area (Å²) < 4.78 is 48.8. The molecule has 0 aliphatic heterocycles. The smallest absolute Gasteiger partial charge is 0.429 e. The molecule has 1 aromatic carbocycles. The van der Waals surface area contributed by atoms with E-state index < -0.39 is 24.2 Å². The zero-order valence-corrected chi connectivity index (χ0v) is 14.8. The Morgan fingerprint density at radius 2 is 1.85 bits per heavy atom. The van der Waals surface area contributed by atoms with Gasteiger partial charge in [0, 0.05) is 6.92 Å². The van der Waals surface area contributed by atoms with Crippen LogP contribution in [-0.4, -0.2) is 24.2 Å². The molecule has 1 aromatic rings. The molecule has 0 fully saturated rings. The van der Waals surface area contributed by atoms with Crippen molar-refractivity contribution in [3.05, 3.63) is 42.0 Å². The standard InChI is InChI=1S/C19H23F3O4/c1-3-4-5-6-7-8-13-17(19(20,21)22)26-18(24)15-11-9-10-12-16(15)25-14(2)23/h8-13,17H,3-7H2,1-2H3/b13-8+. The highest BCUT2D eigenvalue weighted by molar-refractivity contribution is 5.93. The summed E-state index contributed by atoms with van der Waals surface area (Å²) in [4.78, 5) is 23.2. The van der Waals surface area contributed by atoms with Crippen LogP contribution in [-0.2, 0) is 9.53 Å². The van der Waals surface area contributed by atoms with E-state index >= 15 is 0 Å². The third kappa shape index (κ3) is 7.72. The molecule has 0 heterocycles. The number of hydrogen-bond acceptors (Lipinski definition) is 4. The molecule has 144 valence electrons. The van der Waals surface area contributed by atoms with Crippen LogP contribution in [0, 0.1) is 0 Å². The number of esters is 2. The minimum atomic E-state index is -4.73. The molecule has 1 atom stereocenters. The van der Waals surface area contributed by atoms with Gasteiger partial charge >= 0.3 is 18.1 Å². The quantitative estimate of drug-likeness (QED) is 0.258. The molecule has 0 saturated carbocycles. The number of benzene rings is 1. The lowest BCUT2D eigenvalue weighted by atomic mass is 10.1. The molecule has 4 nitrogen and oxygen atoms in total. The van der Waals surface area contributed by atoms with E-state index in [2.05, 4.69) is 4.74 Å². The van der Waals surface area contributed by atoms with E-state index in [-0.39, 0.29) is 11.3 Å². The van der Waals surface area contributed by atoms with Crippen molar-refractivity contribution in [3.63, 3.8) is 0 Å². The van der Waals surface area contributed by atoms with Crippen molar-refractivity contribution >= 4 is 11.9 Å². The van der Waals surface area contributed by atoms with Gasteiger partial charge in [0.2, 0.25) is 6.10 Å². The van der Waals surface area contributed by atoms with E-state index in [9.17, 15) is 22.8 Å². The molecule has 0 saturated heterocycles. The van der Waals surface area contributed by atoms with E-state index in [1.54, 1.807) is 0 Å². The molecule has 0 aliphatic rings. The number of carbonyl (C=O) groups excluding carboxylic acids is 2. The number of unbranched alkanes of at least 4 members (excludes halogenated alkanes) is 4. The summed E-state index contributed by atoms with van der Waals surface area (Å²) in [5.41, 5.74) is -0.242. The van der Waals surface area contributed by atoms with Crippen LogP contribution in [0.5, 0.6) is 5.75 Å². The van der Waals surface area contributed by atoms with Gasteiger partial charge in [-0.3, -0.25) is 4.79 Å². The third-order valence-corrected chi connectivity index (χ3v) is 3.45. The minimum absolute atomic E-state index is 0.144. The summed E-state index contributed by atoms with van der Waals surface area (Å²) in [6.45, 7) is 3.17. The molecular formula is C19H23F3O4. The fourth-order valence-corrected chi connectivity index (χ4v) is 2.18. The Morgan fingerprint density at radius 3 is 2.46 bits per heavy atom. The maximum Gasteiger partial charge on any atom is 0.429 e. The Labute approximate surface area is 151 Å². The van der Waals surface area contributed by atoms with Crippen molar-refractivity contribution in [3.8, 4) is 5.75 Å². The maximum absolute atomic E-state index is 13.1. The third-order valence-electron chi connectivity index (χ3n) is 3.45. The number of halogens is 3. The lowest BCUT2D eigenvalue weighted by molar-refractivity contribution is -0.189. The molecule has 7 heteroatoms. The molecule has 1 rings (SSSR count). The van der Waals surface area contributed by atoms with Crippen LogP contribution >= 0.6 is 0 Å². The number of hydrogen-bond donors (Lipinski definition) is 0. The summed E-state index contributed by atoms with van der Waals surface area (Å²) >= 11 is 0. The molecule has 1 unspecified atom stereocenters. The number of ether oxygens (including phenoxy) is 2. The molecule has 0 radical (unpaired) electrons. The number of carbonyl (C=O) groups is 2. The first kappa shape index (κ1) is 21.7. The normalized spacial score (nSPS) is 12.8. The van der Waals surface area contributed by atoms with E-state index in [1.165, 1.54) is 30.3 Å². The second-order valence-electron chi connectivity index (χ2n) is 5.73. The average Bonchev–Trinajstić information content (AvgIpc) is 2.55. The van der Waals surface area contributed by atoms with Crippen LogP contribution in [0.25, 0.3) is 0 Å². The predicted octanol–water partition coefficient (Wildman–Crippen LogP) is 5.23. The molecule has 0 aliphatic carbocycles. The predicted molar refractivity (Wildman–Crippen MR) is 90.9 cm³/mol. The zero-order valence-electron chi connectivity index (χ0n) is 14.8. The Hall–Kier alpha value is -2.31. The van der Waals surface area contributed by atoms with Crippen molar-refractivity contribution in [2.45, 2.75) is 58.2 Å². The number of rotatable bonds is 9. The number of allylic oxidation sites excluding steroid dienone is 1. The molecule has 26 heavy (non-hydrogen) atoms. The van der Waals surface area contributed by atoms with Gasteiger partial charge in [0.05, 0.1) is 0 Å². The van der Waals surface area contributed by atoms with E-state index in [1.807, 2.05) is 6.92 Å². The Morgan fingerprint density at radius 1 is 1.15 bits per heavy atom. The molecule has 0 bridgehead atoms. The average molecular weight is 372 g/mol. The Bertz CT molecular complexity index is 623. The van der Waals surface area contributed by atoms with Crippen molar-refractivity contribution in [2.75, 3.05) is 0 Å². The number of alkyl halides is 3. The van der Waals surface area contributed by atoms with Crippen LogP contribution in [0.15, 0.2) is 36.4 Å². The highest BCUT2D eigenvalue weighted by Gasteiger charge is 2.41. The molecule has 0 spiro atoms. The van der Waals surface area contributed by atoms with Gasteiger partial charge in [-0.05, 0) is 31.1 Å². The molecule has 0 aromatic heterocycles. The fraction of sp³-hybridized carbons (Fsp3) is 0.474. The van der Waals surface area contributed by atoms with Gasteiger partial charge in [0.1, 0.15) is 11.3 Å². The molecule has 0 amide bonds. The Balaban J connectivity index is 2.81. The fourth-order valence-electron chi connectivity index (χ4n) is 2.18. The van der Waals surface area contributed by atoms with Gasteiger partial charge in [-0.2, -0.15) is 13.2 Å².